The second-order valence-electron chi connectivity index (χ2n) is 8.07. The van der Waals surface area contributed by atoms with Crippen LogP contribution in [0.3, 0.4) is 0 Å². The third kappa shape index (κ3) is 3.90. The highest BCUT2D eigenvalue weighted by Crippen LogP contribution is 2.24. The lowest BCUT2D eigenvalue weighted by molar-refractivity contribution is 0.0974. The molecule has 2 fully saturated rings. The first-order valence-electron chi connectivity index (χ1n) is 10.2. The molecule has 4 heterocycles. The summed E-state index contributed by atoms with van der Waals surface area (Å²) in [5.41, 5.74) is 2.14. The van der Waals surface area contributed by atoms with Crippen LogP contribution in [-0.4, -0.2) is 83.1 Å². The maximum Gasteiger partial charge on any atom is 0.322 e. The molecule has 0 aliphatic carbocycles. The number of anilines is 2. The van der Waals surface area contributed by atoms with Crippen molar-refractivity contribution in [1.29, 1.82) is 0 Å². The number of aromatic nitrogens is 3. The van der Waals surface area contributed by atoms with Gasteiger partial charge in [-0.25, -0.2) is 23.2 Å². The number of benzene rings is 1. The topological polar surface area (TPSA) is 69.5 Å². The monoisotopic (exact) mass is 427 g/mol. The van der Waals surface area contributed by atoms with Crippen LogP contribution in [0.25, 0.3) is 16.7 Å². The van der Waals surface area contributed by atoms with E-state index in [4.69, 9.17) is 0 Å². The molecule has 0 bridgehead atoms. The molecule has 0 unspecified atom stereocenters. The second kappa shape index (κ2) is 7.77. The molecule has 10 heteroatoms. The lowest BCUT2D eigenvalue weighted by Gasteiger charge is -2.34. The number of likely N-dealkylation sites (N-methyl/N-ethyl adjacent to an activating group) is 1. The van der Waals surface area contributed by atoms with E-state index >= 15 is 0 Å². The molecule has 162 valence electrons. The van der Waals surface area contributed by atoms with E-state index in [1.807, 2.05) is 6.07 Å². The van der Waals surface area contributed by atoms with E-state index in [0.29, 0.717) is 11.3 Å². The Labute approximate surface area is 178 Å². The van der Waals surface area contributed by atoms with Crippen LogP contribution in [-0.2, 0) is 0 Å². The van der Waals surface area contributed by atoms with Crippen LogP contribution >= 0.6 is 0 Å². The van der Waals surface area contributed by atoms with E-state index in [9.17, 15) is 13.6 Å². The molecular formula is C21H23F2N7O. The molecule has 0 saturated carbocycles. The Bertz CT molecular complexity index is 1120. The predicted molar refractivity (Wildman–Crippen MR) is 114 cm³/mol. The maximum absolute atomic E-state index is 14.5. The Kier molecular flexibility index (Phi) is 4.93. The summed E-state index contributed by atoms with van der Waals surface area (Å²) in [6, 6.07) is 5.85. The molecule has 1 aromatic carbocycles. The Balaban J connectivity index is 1.39. The van der Waals surface area contributed by atoms with Gasteiger partial charge in [0, 0.05) is 43.4 Å². The van der Waals surface area contributed by atoms with Gasteiger partial charge in [0.1, 0.15) is 17.7 Å². The quantitative estimate of drug-likeness (QED) is 0.696. The number of nitrogens with one attached hydrogen (secondary N) is 1. The van der Waals surface area contributed by atoms with Gasteiger partial charge < -0.3 is 20.0 Å². The minimum atomic E-state index is -0.978. The number of piperazine rings is 1. The third-order valence-corrected chi connectivity index (χ3v) is 5.78. The summed E-state index contributed by atoms with van der Waals surface area (Å²) >= 11 is 0. The van der Waals surface area contributed by atoms with Crippen LogP contribution in [0.1, 0.15) is 0 Å². The van der Waals surface area contributed by atoms with E-state index in [1.165, 1.54) is 27.8 Å². The molecule has 2 aromatic heterocycles. The van der Waals surface area contributed by atoms with Gasteiger partial charge in [-0.3, -0.25) is 0 Å². The van der Waals surface area contributed by atoms with Gasteiger partial charge in [-0.15, -0.1) is 5.10 Å². The highest BCUT2D eigenvalue weighted by molar-refractivity contribution is 5.90. The number of halogens is 2. The van der Waals surface area contributed by atoms with Crippen LogP contribution in [0.5, 0.6) is 0 Å². The number of hydrogen-bond donors (Lipinski definition) is 1. The summed E-state index contributed by atoms with van der Waals surface area (Å²) in [4.78, 5) is 22.5. The SMILES string of the molecule is CN1CCN(c2cnc3nn(-c4cc(NC(=O)N5CC(F)C5)ccc4F)cc3c2)CC1. The summed E-state index contributed by atoms with van der Waals surface area (Å²) in [7, 11) is 2.11. The van der Waals surface area contributed by atoms with Crippen molar-refractivity contribution >= 4 is 28.4 Å². The number of likely N-dealkylation sites (tertiary alicyclic amines) is 1. The molecule has 3 aromatic rings. The van der Waals surface area contributed by atoms with Gasteiger partial charge in [-0.2, -0.15) is 0 Å². The summed E-state index contributed by atoms with van der Waals surface area (Å²) < 4.78 is 29.0. The van der Waals surface area contributed by atoms with Crippen molar-refractivity contribution < 1.29 is 13.6 Å². The zero-order valence-electron chi connectivity index (χ0n) is 17.1. The Morgan fingerprint density at radius 3 is 2.68 bits per heavy atom. The largest absolute Gasteiger partial charge is 0.368 e. The van der Waals surface area contributed by atoms with E-state index < -0.39 is 18.0 Å². The average molecular weight is 427 g/mol. The number of nitrogens with zero attached hydrogens (tertiary/aromatic N) is 6. The van der Waals surface area contributed by atoms with Crippen molar-refractivity contribution in [3.63, 3.8) is 0 Å². The van der Waals surface area contributed by atoms with Crippen LogP contribution in [0.2, 0.25) is 0 Å². The molecule has 2 saturated heterocycles. The van der Waals surface area contributed by atoms with Crippen molar-refractivity contribution in [3.8, 4) is 5.69 Å². The van der Waals surface area contributed by atoms with Gasteiger partial charge in [-0.1, -0.05) is 0 Å². The van der Waals surface area contributed by atoms with Gasteiger partial charge in [0.2, 0.25) is 0 Å². The molecule has 8 nitrogen and oxygen atoms in total. The minimum Gasteiger partial charge on any atom is -0.368 e. The number of hydrogen-bond acceptors (Lipinski definition) is 5. The van der Waals surface area contributed by atoms with Crippen molar-refractivity contribution in [3.05, 3.63) is 42.5 Å². The Hall–Kier alpha value is -3.27. The van der Waals surface area contributed by atoms with Crippen molar-refractivity contribution in [1.82, 2.24) is 24.6 Å². The molecule has 0 radical (unpaired) electrons. The molecule has 2 aliphatic heterocycles. The first-order valence-corrected chi connectivity index (χ1v) is 10.2. The predicted octanol–water partition coefficient (Wildman–Crippen LogP) is 2.50. The van der Waals surface area contributed by atoms with Crippen molar-refractivity contribution in [2.24, 2.45) is 0 Å². The lowest BCUT2D eigenvalue weighted by Crippen LogP contribution is -2.53. The number of pyridine rings is 1. The number of alkyl halides is 1. The summed E-state index contributed by atoms with van der Waals surface area (Å²) in [5, 5.41) is 7.88. The van der Waals surface area contributed by atoms with Crippen LogP contribution < -0.4 is 10.2 Å². The van der Waals surface area contributed by atoms with E-state index in [1.54, 1.807) is 12.4 Å². The van der Waals surface area contributed by atoms with Crippen molar-refractivity contribution in [2.75, 3.05) is 56.5 Å². The first-order chi connectivity index (χ1) is 15.0. The standard InChI is InChI=1S/C21H23F2N7O/c1-27-4-6-28(7-5-27)17-8-14-11-30(26-20(14)24-10-17)19-9-16(2-3-18(19)23)25-21(31)29-12-15(22)13-29/h2-3,8-11,15H,4-7,12-13H2,1H3,(H,25,31). The van der Waals surface area contributed by atoms with Crippen LogP contribution in [0.4, 0.5) is 25.0 Å². The fourth-order valence-corrected chi connectivity index (χ4v) is 3.82. The lowest BCUT2D eigenvalue weighted by atomic mass is 10.2. The highest BCUT2D eigenvalue weighted by atomic mass is 19.1. The molecule has 2 aliphatic rings. The smallest absolute Gasteiger partial charge is 0.322 e. The molecule has 1 N–H and O–H groups in total. The number of carbonyl (C=O) groups is 1. The number of carbonyl (C=O) groups excluding carboxylic acids is 1. The second-order valence-corrected chi connectivity index (χ2v) is 8.07. The minimum absolute atomic E-state index is 0.0751. The number of urea groups is 1. The van der Waals surface area contributed by atoms with Gasteiger partial charge in [-0.05, 0) is 31.3 Å². The highest BCUT2D eigenvalue weighted by Gasteiger charge is 2.30. The number of rotatable bonds is 3. The number of fused-ring (bicyclic) bond motifs is 1. The molecule has 0 spiro atoms. The molecular weight excluding hydrogens is 404 g/mol. The van der Waals surface area contributed by atoms with Crippen molar-refractivity contribution in [2.45, 2.75) is 6.17 Å². The normalized spacial score (nSPS) is 17.8. The average Bonchev–Trinajstić information content (AvgIpc) is 3.16. The maximum atomic E-state index is 14.5. The first kappa shape index (κ1) is 19.7. The van der Waals surface area contributed by atoms with Gasteiger partial charge >= 0.3 is 6.03 Å². The molecule has 5 rings (SSSR count). The van der Waals surface area contributed by atoms with Crippen LogP contribution in [0, 0.1) is 5.82 Å². The Morgan fingerprint density at radius 1 is 1.16 bits per heavy atom. The fourth-order valence-electron chi connectivity index (χ4n) is 3.82. The Morgan fingerprint density at radius 2 is 1.94 bits per heavy atom. The molecule has 0 atom stereocenters. The zero-order valence-corrected chi connectivity index (χ0v) is 17.1. The van der Waals surface area contributed by atoms with E-state index in [-0.39, 0.29) is 18.8 Å². The van der Waals surface area contributed by atoms with E-state index in [2.05, 4.69) is 32.2 Å². The zero-order chi connectivity index (χ0) is 21.5. The third-order valence-electron chi connectivity index (χ3n) is 5.78. The molecule has 31 heavy (non-hydrogen) atoms. The summed E-state index contributed by atoms with van der Waals surface area (Å²) in [5.74, 6) is -0.474. The summed E-state index contributed by atoms with van der Waals surface area (Å²) in [6.07, 6.45) is 2.55. The summed E-state index contributed by atoms with van der Waals surface area (Å²) in [6.45, 7) is 3.98. The molecule has 2 amide bonds. The van der Waals surface area contributed by atoms with Gasteiger partial charge in [0.05, 0.1) is 25.0 Å². The van der Waals surface area contributed by atoms with Gasteiger partial charge in [0.25, 0.3) is 0 Å². The number of amides is 2. The van der Waals surface area contributed by atoms with E-state index in [0.717, 1.165) is 37.3 Å². The fraction of sp³-hybridized carbons (Fsp3) is 0.381. The van der Waals surface area contributed by atoms with Crippen LogP contribution in [0.15, 0.2) is 36.7 Å². The van der Waals surface area contributed by atoms with Gasteiger partial charge in [0.15, 0.2) is 5.65 Å².